The first kappa shape index (κ1) is 13.0. The van der Waals surface area contributed by atoms with Crippen molar-refractivity contribution in [3.63, 3.8) is 0 Å². The van der Waals surface area contributed by atoms with Gasteiger partial charge in [0.1, 0.15) is 11.6 Å². The number of amides is 1. The fraction of sp³-hybridized carbons (Fsp3) is 0.462. The molecule has 0 heterocycles. The van der Waals surface area contributed by atoms with E-state index < -0.39 is 23.1 Å². The van der Waals surface area contributed by atoms with Gasteiger partial charge in [0.05, 0.1) is 11.2 Å². The Bertz CT molecular complexity index is 484. The summed E-state index contributed by atoms with van der Waals surface area (Å²) in [5, 5.41) is 12.3. The Morgan fingerprint density at radius 2 is 2.06 bits per heavy atom. The van der Waals surface area contributed by atoms with Gasteiger partial charge >= 0.3 is 0 Å². The summed E-state index contributed by atoms with van der Waals surface area (Å²) in [6, 6.07) is 1.87. The topological polar surface area (TPSA) is 49.3 Å². The normalized spacial score (nSPS) is 17.1. The monoisotopic (exact) mass is 255 g/mol. The van der Waals surface area contributed by atoms with Gasteiger partial charge in [0.2, 0.25) is 0 Å². The summed E-state index contributed by atoms with van der Waals surface area (Å²) in [6.45, 7) is 1.56. The number of hydrogen-bond donors (Lipinski definition) is 2. The number of aliphatic hydroxyl groups is 1. The van der Waals surface area contributed by atoms with Crippen LogP contribution < -0.4 is 5.32 Å². The molecule has 0 aliphatic heterocycles. The minimum atomic E-state index is -0.892. The molecule has 98 valence electrons. The molecule has 1 aromatic carbocycles. The van der Waals surface area contributed by atoms with Gasteiger partial charge in [0.15, 0.2) is 0 Å². The molecule has 0 radical (unpaired) electrons. The summed E-state index contributed by atoms with van der Waals surface area (Å²) in [5.41, 5.74) is -0.845. The molecule has 2 N–H and O–H groups in total. The van der Waals surface area contributed by atoms with E-state index in [1.54, 1.807) is 0 Å². The van der Waals surface area contributed by atoms with Crippen molar-refractivity contribution in [1.82, 2.24) is 5.32 Å². The van der Waals surface area contributed by atoms with Gasteiger partial charge in [-0.15, -0.1) is 0 Å². The van der Waals surface area contributed by atoms with Crippen molar-refractivity contribution >= 4 is 5.91 Å². The minimum absolute atomic E-state index is 0.0989. The number of hydrogen-bond acceptors (Lipinski definition) is 2. The third-order valence-corrected chi connectivity index (χ3v) is 3.36. The zero-order chi connectivity index (χ0) is 13.3. The van der Waals surface area contributed by atoms with Crippen molar-refractivity contribution in [3.8, 4) is 0 Å². The van der Waals surface area contributed by atoms with Crippen LogP contribution in [0.5, 0.6) is 0 Å². The molecular weight excluding hydrogens is 240 g/mol. The Labute approximate surface area is 104 Å². The average molecular weight is 255 g/mol. The summed E-state index contributed by atoms with van der Waals surface area (Å²) < 4.78 is 26.5. The molecule has 0 atom stereocenters. The molecule has 0 spiro atoms. The second kappa shape index (κ2) is 4.65. The maximum Gasteiger partial charge on any atom is 0.254 e. The predicted molar refractivity (Wildman–Crippen MR) is 62.2 cm³/mol. The molecule has 0 saturated heterocycles. The lowest BCUT2D eigenvalue weighted by Gasteiger charge is -2.36. The smallest absolute Gasteiger partial charge is 0.254 e. The summed E-state index contributed by atoms with van der Waals surface area (Å²) in [7, 11) is 0. The third kappa shape index (κ3) is 2.51. The lowest BCUT2D eigenvalue weighted by molar-refractivity contribution is -0.0300. The minimum Gasteiger partial charge on any atom is -0.388 e. The quantitative estimate of drug-likeness (QED) is 0.867. The van der Waals surface area contributed by atoms with Crippen molar-refractivity contribution in [3.05, 3.63) is 34.9 Å². The maximum atomic E-state index is 13.4. The third-order valence-electron chi connectivity index (χ3n) is 3.36. The lowest BCUT2D eigenvalue weighted by atomic mass is 9.80. The van der Waals surface area contributed by atoms with Crippen LogP contribution in [0.4, 0.5) is 8.78 Å². The van der Waals surface area contributed by atoms with Crippen LogP contribution in [0.2, 0.25) is 0 Å². The van der Waals surface area contributed by atoms with Gasteiger partial charge in [-0.3, -0.25) is 4.79 Å². The Morgan fingerprint density at radius 3 is 2.61 bits per heavy atom. The van der Waals surface area contributed by atoms with Gasteiger partial charge in [-0.05, 0) is 37.8 Å². The van der Waals surface area contributed by atoms with Crippen LogP contribution in [-0.4, -0.2) is 23.2 Å². The fourth-order valence-electron chi connectivity index (χ4n) is 1.93. The van der Waals surface area contributed by atoms with Crippen molar-refractivity contribution in [1.29, 1.82) is 0 Å². The molecule has 1 amide bonds. The highest BCUT2D eigenvalue weighted by Crippen LogP contribution is 2.30. The molecular formula is C13H15F2NO2. The predicted octanol–water partition coefficient (Wildman–Crippen LogP) is 1.92. The van der Waals surface area contributed by atoms with E-state index in [1.807, 2.05) is 0 Å². The maximum absolute atomic E-state index is 13.4. The summed E-state index contributed by atoms with van der Waals surface area (Å²) in [4.78, 5) is 11.7. The molecule has 1 fully saturated rings. The number of aryl methyl sites for hydroxylation is 1. The van der Waals surface area contributed by atoms with E-state index in [2.05, 4.69) is 5.32 Å². The molecule has 5 heteroatoms. The van der Waals surface area contributed by atoms with Crippen LogP contribution in [0.3, 0.4) is 0 Å². The summed E-state index contributed by atoms with van der Waals surface area (Å²) in [5.74, 6) is -2.20. The Kier molecular flexibility index (Phi) is 3.34. The van der Waals surface area contributed by atoms with Crippen molar-refractivity contribution in [2.45, 2.75) is 31.8 Å². The largest absolute Gasteiger partial charge is 0.388 e. The van der Waals surface area contributed by atoms with Crippen LogP contribution in [0.1, 0.15) is 35.2 Å². The fourth-order valence-corrected chi connectivity index (χ4v) is 1.93. The first-order valence-electron chi connectivity index (χ1n) is 5.87. The van der Waals surface area contributed by atoms with Crippen LogP contribution >= 0.6 is 0 Å². The number of carbonyl (C=O) groups excluding carboxylic acids is 1. The van der Waals surface area contributed by atoms with Gasteiger partial charge in [0, 0.05) is 12.6 Å². The number of carbonyl (C=O) groups is 1. The molecule has 1 aromatic rings. The molecule has 0 aromatic heterocycles. The molecule has 3 nitrogen and oxygen atoms in total. The number of halogens is 2. The Hall–Kier alpha value is -1.49. The van der Waals surface area contributed by atoms with Crippen LogP contribution in [0.25, 0.3) is 0 Å². The Balaban J connectivity index is 2.06. The van der Waals surface area contributed by atoms with E-state index in [-0.39, 0.29) is 17.7 Å². The highest BCUT2D eigenvalue weighted by Gasteiger charge is 2.34. The van der Waals surface area contributed by atoms with Gasteiger partial charge in [-0.1, -0.05) is 0 Å². The van der Waals surface area contributed by atoms with E-state index in [4.69, 9.17) is 0 Å². The SMILES string of the molecule is Cc1cc(C(=O)NCC2(O)CCC2)c(F)cc1F. The van der Waals surface area contributed by atoms with E-state index in [0.29, 0.717) is 18.9 Å². The average Bonchev–Trinajstić information content (AvgIpc) is 2.28. The second-order valence-electron chi connectivity index (χ2n) is 4.84. The van der Waals surface area contributed by atoms with Gasteiger partial charge in [0.25, 0.3) is 5.91 Å². The standard InChI is InChI=1S/C13H15F2NO2/c1-8-5-9(11(15)6-10(8)14)12(17)16-7-13(18)3-2-4-13/h5-6,18H,2-4,7H2,1H3,(H,16,17). The van der Waals surface area contributed by atoms with Gasteiger partial charge < -0.3 is 10.4 Å². The molecule has 2 rings (SSSR count). The summed E-state index contributed by atoms with van der Waals surface area (Å²) in [6.07, 6.45) is 2.20. The molecule has 0 unspecified atom stereocenters. The van der Waals surface area contributed by atoms with Crippen molar-refractivity contribution in [2.24, 2.45) is 0 Å². The van der Waals surface area contributed by atoms with Crippen molar-refractivity contribution in [2.75, 3.05) is 6.54 Å². The number of nitrogens with one attached hydrogen (secondary N) is 1. The van der Waals surface area contributed by atoms with Gasteiger partial charge in [-0.25, -0.2) is 8.78 Å². The molecule has 18 heavy (non-hydrogen) atoms. The molecule has 1 aliphatic carbocycles. The number of benzene rings is 1. The zero-order valence-corrected chi connectivity index (χ0v) is 10.1. The first-order chi connectivity index (χ1) is 8.41. The zero-order valence-electron chi connectivity index (χ0n) is 10.1. The first-order valence-corrected chi connectivity index (χ1v) is 5.87. The van der Waals surface area contributed by atoms with E-state index >= 15 is 0 Å². The lowest BCUT2D eigenvalue weighted by Crippen LogP contribution is -2.47. The van der Waals surface area contributed by atoms with Crippen LogP contribution in [0.15, 0.2) is 12.1 Å². The highest BCUT2D eigenvalue weighted by atomic mass is 19.1. The summed E-state index contributed by atoms with van der Waals surface area (Å²) >= 11 is 0. The molecule has 0 bridgehead atoms. The van der Waals surface area contributed by atoms with Crippen LogP contribution in [0, 0.1) is 18.6 Å². The second-order valence-corrected chi connectivity index (χ2v) is 4.84. The van der Waals surface area contributed by atoms with E-state index in [0.717, 1.165) is 6.42 Å². The Morgan fingerprint density at radius 1 is 1.39 bits per heavy atom. The number of rotatable bonds is 3. The van der Waals surface area contributed by atoms with Crippen molar-refractivity contribution < 1.29 is 18.7 Å². The molecule has 1 saturated carbocycles. The molecule has 1 aliphatic rings. The highest BCUT2D eigenvalue weighted by molar-refractivity contribution is 5.94. The van der Waals surface area contributed by atoms with E-state index in [1.165, 1.54) is 13.0 Å². The van der Waals surface area contributed by atoms with Crippen LogP contribution in [-0.2, 0) is 0 Å². The van der Waals surface area contributed by atoms with E-state index in [9.17, 15) is 18.7 Å². The van der Waals surface area contributed by atoms with Gasteiger partial charge in [-0.2, -0.15) is 0 Å².